The van der Waals surface area contributed by atoms with Crippen LogP contribution in [0.25, 0.3) is 11.4 Å². The number of nitro groups is 1. The van der Waals surface area contributed by atoms with Crippen LogP contribution in [-0.4, -0.2) is 21.6 Å². The van der Waals surface area contributed by atoms with E-state index in [1.165, 1.54) is 6.07 Å². The van der Waals surface area contributed by atoms with Gasteiger partial charge in [0.05, 0.1) is 4.92 Å². The molecule has 1 aliphatic carbocycles. The molecule has 3 rings (SSSR count). The Morgan fingerprint density at radius 2 is 2.19 bits per heavy atom. The fourth-order valence-corrected chi connectivity index (χ4v) is 2.96. The Labute approximate surface area is 121 Å². The largest absolute Gasteiger partial charge is 0.339 e. The molecule has 0 saturated heterocycles. The number of para-hydroxylation sites is 1. The summed E-state index contributed by atoms with van der Waals surface area (Å²) in [6, 6.07) is 6.39. The van der Waals surface area contributed by atoms with E-state index in [9.17, 15) is 10.1 Å². The van der Waals surface area contributed by atoms with E-state index in [4.69, 9.17) is 10.3 Å². The highest BCUT2D eigenvalue weighted by molar-refractivity contribution is 5.67. The number of aromatic nitrogens is 2. The number of hydrogen-bond donors (Lipinski definition) is 1. The van der Waals surface area contributed by atoms with Gasteiger partial charge in [-0.25, -0.2) is 0 Å². The SMILES string of the molecule is NCC1CCCC1c1nc(-c2ccccc2[N+](=O)[O-])no1. The van der Waals surface area contributed by atoms with Crippen LogP contribution in [0.2, 0.25) is 0 Å². The van der Waals surface area contributed by atoms with Crippen LogP contribution in [0.3, 0.4) is 0 Å². The van der Waals surface area contributed by atoms with Gasteiger partial charge in [-0.2, -0.15) is 4.98 Å². The lowest BCUT2D eigenvalue weighted by Crippen LogP contribution is -2.17. The average molecular weight is 288 g/mol. The summed E-state index contributed by atoms with van der Waals surface area (Å²) >= 11 is 0. The van der Waals surface area contributed by atoms with Gasteiger partial charge < -0.3 is 10.3 Å². The highest BCUT2D eigenvalue weighted by Gasteiger charge is 2.32. The molecule has 7 heteroatoms. The minimum atomic E-state index is -0.441. The zero-order valence-electron chi connectivity index (χ0n) is 11.4. The molecule has 0 amide bonds. The zero-order valence-corrected chi connectivity index (χ0v) is 11.4. The molecule has 1 fully saturated rings. The maximum absolute atomic E-state index is 11.1. The second kappa shape index (κ2) is 5.61. The Kier molecular flexibility index (Phi) is 3.66. The quantitative estimate of drug-likeness (QED) is 0.684. The topological polar surface area (TPSA) is 108 Å². The zero-order chi connectivity index (χ0) is 14.8. The molecule has 1 aromatic heterocycles. The predicted octanol–water partition coefficient (Wildman–Crippen LogP) is 2.49. The second-order valence-electron chi connectivity index (χ2n) is 5.26. The van der Waals surface area contributed by atoms with Crippen LogP contribution in [0, 0.1) is 16.0 Å². The first-order chi connectivity index (χ1) is 10.2. The van der Waals surface area contributed by atoms with E-state index >= 15 is 0 Å². The van der Waals surface area contributed by atoms with Crippen LogP contribution in [-0.2, 0) is 0 Å². The second-order valence-corrected chi connectivity index (χ2v) is 5.26. The van der Waals surface area contributed by atoms with Gasteiger partial charge in [-0.05, 0) is 31.4 Å². The number of nitrogens with two attached hydrogens (primary N) is 1. The van der Waals surface area contributed by atoms with Gasteiger partial charge in [-0.15, -0.1) is 0 Å². The normalized spacial score (nSPS) is 21.6. The van der Waals surface area contributed by atoms with Gasteiger partial charge in [0.1, 0.15) is 5.56 Å². The lowest BCUT2D eigenvalue weighted by Gasteiger charge is -2.12. The molecule has 2 N–H and O–H groups in total. The molecular weight excluding hydrogens is 272 g/mol. The molecule has 0 radical (unpaired) electrons. The first kappa shape index (κ1) is 13.7. The third-order valence-corrected chi connectivity index (χ3v) is 4.06. The summed E-state index contributed by atoms with van der Waals surface area (Å²) in [5.74, 6) is 1.32. The van der Waals surface area contributed by atoms with E-state index in [1.807, 2.05) is 0 Å². The van der Waals surface area contributed by atoms with E-state index in [-0.39, 0.29) is 17.4 Å². The maximum Gasteiger partial charge on any atom is 0.280 e. The van der Waals surface area contributed by atoms with Gasteiger partial charge in [-0.1, -0.05) is 23.7 Å². The summed E-state index contributed by atoms with van der Waals surface area (Å²) in [5, 5.41) is 15.0. The Bertz CT molecular complexity index is 655. The van der Waals surface area contributed by atoms with Crippen LogP contribution in [0.4, 0.5) is 5.69 Å². The summed E-state index contributed by atoms with van der Waals surface area (Å²) in [6.45, 7) is 0.591. The molecule has 0 spiro atoms. The smallest absolute Gasteiger partial charge is 0.280 e. The number of benzene rings is 1. The molecule has 1 aliphatic rings. The molecule has 2 atom stereocenters. The van der Waals surface area contributed by atoms with Crippen LogP contribution in [0.15, 0.2) is 28.8 Å². The van der Waals surface area contributed by atoms with Gasteiger partial charge in [0.15, 0.2) is 0 Å². The first-order valence-corrected chi connectivity index (χ1v) is 6.98. The van der Waals surface area contributed by atoms with Crippen LogP contribution in [0.1, 0.15) is 31.1 Å². The minimum Gasteiger partial charge on any atom is -0.339 e. The highest BCUT2D eigenvalue weighted by atomic mass is 16.6. The molecule has 2 unspecified atom stereocenters. The number of nitrogens with zero attached hydrogens (tertiary/aromatic N) is 3. The maximum atomic E-state index is 11.1. The number of rotatable bonds is 4. The summed E-state index contributed by atoms with van der Waals surface area (Å²) in [7, 11) is 0. The van der Waals surface area contributed by atoms with Gasteiger partial charge in [0.25, 0.3) is 5.69 Å². The number of nitro benzene ring substituents is 1. The van der Waals surface area contributed by atoms with E-state index in [1.54, 1.807) is 18.2 Å². The van der Waals surface area contributed by atoms with Crippen molar-refractivity contribution < 1.29 is 9.45 Å². The van der Waals surface area contributed by atoms with Gasteiger partial charge in [0, 0.05) is 12.0 Å². The van der Waals surface area contributed by atoms with Crippen molar-refractivity contribution in [3.8, 4) is 11.4 Å². The van der Waals surface area contributed by atoms with Gasteiger partial charge in [-0.3, -0.25) is 10.1 Å². The molecule has 21 heavy (non-hydrogen) atoms. The molecule has 110 valence electrons. The van der Waals surface area contributed by atoms with Crippen molar-refractivity contribution in [3.05, 3.63) is 40.3 Å². The Morgan fingerprint density at radius 3 is 2.95 bits per heavy atom. The lowest BCUT2D eigenvalue weighted by atomic mass is 9.96. The summed E-state index contributed by atoms with van der Waals surface area (Å²) in [5.41, 5.74) is 6.12. The number of hydrogen-bond acceptors (Lipinski definition) is 6. The van der Waals surface area contributed by atoms with Gasteiger partial charge >= 0.3 is 0 Å². The molecule has 1 saturated carbocycles. The minimum absolute atomic E-state index is 0.0216. The third kappa shape index (κ3) is 2.52. The fourth-order valence-electron chi connectivity index (χ4n) is 2.96. The molecule has 2 aromatic rings. The van der Waals surface area contributed by atoms with Crippen molar-refractivity contribution in [2.24, 2.45) is 11.7 Å². The average Bonchev–Trinajstić information content (AvgIpc) is 3.15. The monoisotopic (exact) mass is 288 g/mol. The van der Waals surface area contributed by atoms with E-state index < -0.39 is 4.92 Å². The fraction of sp³-hybridized carbons (Fsp3) is 0.429. The highest BCUT2D eigenvalue weighted by Crippen LogP contribution is 2.39. The van der Waals surface area contributed by atoms with Crippen LogP contribution < -0.4 is 5.73 Å². The van der Waals surface area contributed by atoms with Crippen molar-refractivity contribution in [1.82, 2.24) is 10.1 Å². The summed E-state index contributed by atoms with van der Waals surface area (Å²) < 4.78 is 5.33. The molecule has 1 aromatic carbocycles. The Morgan fingerprint density at radius 1 is 1.38 bits per heavy atom. The first-order valence-electron chi connectivity index (χ1n) is 6.98. The standard InChI is InChI=1S/C14H16N4O3/c15-8-9-4-3-6-10(9)14-16-13(17-21-14)11-5-1-2-7-12(11)18(19)20/h1-2,5,7,9-10H,3-4,6,8,15H2. The van der Waals surface area contributed by atoms with Crippen LogP contribution >= 0.6 is 0 Å². The van der Waals surface area contributed by atoms with E-state index in [2.05, 4.69) is 10.1 Å². The van der Waals surface area contributed by atoms with Crippen molar-refractivity contribution in [3.63, 3.8) is 0 Å². The molecule has 0 bridgehead atoms. The van der Waals surface area contributed by atoms with Crippen molar-refractivity contribution in [1.29, 1.82) is 0 Å². The molecular formula is C14H16N4O3. The van der Waals surface area contributed by atoms with Gasteiger partial charge in [0.2, 0.25) is 11.7 Å². The molecule has 7 nitrogen and oxygen atoms in total. The molecule has 0 aliphatic heterocycles. The summed E-state index contributed by atoms with van der Waals surface area (Å²) in [6.07, 6.45) is 3.13. The molecule has 1 heterocycles. The lowest BCUT2D eigenvalue weighted by molar-refractivity contribution is -0.384. The van der Waals surface area contributed by atoms with E-state index in [0.29, 0.717) is 23.9 Å². The Hall–Kier alpha value is -2.28. The summed E-state index contributed by atoms with van der Waals surface area (Å²) in [4.78, 5) is 15.0. The third-order valence-electron chi connectivity index (χ3n) is 4.06. The van der Waals surface area contributed by atoms with Crippen LogP contribution in [0.5, 0.6) is 0 Å². The van der Waals surface area contributed by atoms with Crippen molar-refractivity contribution >= 4 is 5.69 Å². The van der Waals surface area contributed by atoms with E-state index in [0.717, 1.165) is 19.3 Å². The van der Waals surface area contributed by atoms with Crippen molar-refractivity contribution in [2.45, 2.75) is 25.2 Å². The Balaban J connectivity index is 1.94. The van der Waals surface area contributed by atoms with Crippen molar-refractivity contribution in [2.75, 3.05) is 6.54 Å². The predicted molar refractivity (Wildman–Crippen MR) is 75.5 cm³/mol.